The molecular weight excluding hydrogens is 256 g/mol. The predicted octanol–water partition coefficient (Wildman–Crippen LogP) is 1.80. The molecule has 20 heavy (non-hydrogen) atoms. The van der Waals surface area contributed by atoms with Crippen molar-refractivity contribution < 1.29 is 14.0 Å². The lowest BCUT2D eigenvalue weighted by Gasteiger charge is -2.44. The smallest absolute Gasteiger partial charge is 0.286 e. The van der Waals surface area contributed by atoms with Crippen LogP contribution in [-0.4, -0.2) is 36.3 Å². The second-order valence-corrected chi connectivity index (χ2v) is 5.94. The molecule has 1 saturated heterocycles. The Balaban J connectivity index is 1.69. The number of carbonyl (C=O) groups excluding carboxylic acids is 2. The quantitative estimate of drug-likeness (QED) is 0.915. The van der Waals surface area contributed by atoms with E-state index >= 15 is 0 Å². The number of furan rings is 1. The first-order chi connectivity index (χ1) is 9.62. The molecule has 0 bridgehead atoms. The molecule has 1 aromatic heterocycles. The van der Waals surface area contributed by atoms with Crippen molar-refractivity contribution in [2.75, 3.05) is 13.6 Å². The number of fused-ring (bicyclic) bond motifs is 1. The van der Waals surface area contributed by atoms with Gasteiger partial charge in [-0.05, 0) is 31.4 Å². The molecule has 1 aliphatic carbocycles. The Bertz CT molecular complexity index is 511. The lowest BCUT2D eigenvalue weighted by molar-refractivity contribution is -0.139. The van der Waals surface area contributed by atoms with Gasteiger partial charge in [-0.2, -0.15) is 0 Å². The van der Waals surface area contributed by atoms with Gasteiger partial charge in [-0.25, -0.2) is 0 Å². The van der Waals surface area contributed by atoms with Crippen LogP contribution < -0.4 is 5.32 Å². The van der Waals surface area contributed by atoms with Gasteiger partial charge in [0.25, 0.3) is 5.91 Å². The maximum absolute atomic E-state index is 12.0. The summed E-state index contributed by atoms with van der Waals surface area (Å²) >= 11 is 0. The second-order valence-electron chi connectivity index (χ2n) is 5.94. The van der Waals surface area contributed by atoms with E-state index in [1.165, 1.54) is 6.26 Å². The van der Waals surface area contributed by atoms with E-state index in [0.717, 1.165) is 25.7 Å². The van der Waals surface area contributed by atoms with Crippen molar-refractivity contribution >= 4 is 11.8 Å². The number of hydrogen-bond acceptors (Lipinski definition) is 3. The zero-order valence-corrected chi connectivity index (χ0v) is 11.7. The van der Waals surface area contributed by atoms with Crippen LogP contribution in [0.1, 0.15) is 42.7 Å². The van der Waals surface area contributed by atoms with Crippen molar-refractivity contribution in [2.24, 2.45) is 5.41 Å². The van der Waals surface area contributed by atoms with Gasteiger partial charge in [0.2, 0.25) is 5.91 Å². The predicted molar refractivity (Wildman–Crippen MR) is 73.1 cm³/mol. The zero-order chi connectivity index (χ0) is 14.2. The maximum Gasteiger partial charge on any atom is 0.286 e. The van der Waals surface area contributed by atoms with E-state index in [1.807, 2.05) is 11.9 Å². The second kappa shape index (κ2) is 4.96. The van der Waals surface area contributed by atoms with Crippen molar-refractivity contribution in [3.8, 4) is 0 Å². The highest BCUT2D eigenvalue weighted by Gasteiger charge is 2.49. The summed E-state index contributed by atoms with van der Waals surface area (Å²) in [5.41, 5.74) is 0.0465. The summed E-state index contributed by atoms with van der Waals surface area (Å²) in [7, 11) is 1.89. The fourth-order valence-electron chi connectivity index (χ4n) is 3.77. The summed E-state index contributed by atoms with van der Waals surface area (Å²) in [6, 6.07) is 3.63. The molecule has 5 heteroatoms. The van der Waals surface area contributed by atoms with E-state index in [9.17, 15) is 9.59 Å². The Hall–Kier alpha value is -1.78. The van der Waals surface area contributed by atoms with Crippen LogP contribution in [-0.2, 0) is 4.79 Å². The molecule has 3 rings (SSSR count). The van der Waals surface area contributed by atoms with Gasteiger partial charge in [-0.1, -0.05) is 6.42 Å². The van der Waals surface area contributed by atoms with Gasteiger partial charge in [0.05, 0.1) is 6.26 Å². The molecule has 2 aliphatic rings. The molecule has 2 unspecified atom stereocenters. The van der Waals surface area contributed by atoms with Gasteiger partial charge in [0.15, 0.2) is 5.76 Å². The molecule has 1 aromatic rings. The normalized spacial score (nSPS) is 29.4. The number of carbonyl (C=O) groups is 2. The number of nitrogens with zero attached hydrogens (tertiary/aromatic N) is 1. The van der Waals surface area contributed by atoms with Gasteiger partial charge in [0, 0.05) is 31.5 Å². The van der Waals surface area contributed by atoms with Crippen LogP contribution in [0.5, 0.6) is 0 Å². The minimum atomic E-state index is -0.172. The summed E-state index contributed by atoms with van der Waals surface area (Å²) in [6.07, 6.45) is 6.20. The van der Waals surface area contributed by atoms with Crippen LogP contribution in [0, 0.1) is 5.41 Å². The third kappa shape index (κ3) is 2.11. The van der Waals surface area contributed by atoms with Crippen molar-refractivity contribution in [1.29, 1.82) is 0 Å². The zero-order valence-electron chi connectivity index (χ0n) is 11.7. The summed E-state index contributed by atoms with van der Waals surface area (Å²) in [4.78, 5) is 25.7. The molecule has 5 nitrogen and oxygen atoms in total. The average Bonchev–Trinajstić information content (AvgIpc) is 3.10. The summed E-state index contributed by atoms with van der Waals surface area (Å²) in [5, 5.41) is 2.98. The highest BCUT2D eigenvalue weighted by Crippen LogP contribution is 2.47. The molecule has 0 spiro atoms. The van der Waals surface area contributed by atoms with Crippen molar-refractivity contribution in [1.82, 2.24) is 10.2 Å². The number of hydrogen-bond donors (Lipinski definition) is 1. The Labute approximate surface area is 118 Å². The van der Waals surface area contributed by atoms with E-state index in [1.54, 1.807) is 12.1 Å². The molecule has 2 atom stereocenters. The number of piperidine rings is 1. The fourth-order valence-corrected chi connectivity index (χ4v) is 3.77. The average molecular weight is 276 g/mol. The Kier molecular flexibility index (Phi) is 3.28. The fraction of sp³-hybridized carbons (Fsp3) is 0.600. The van der Waals surface area contributed by atoms with Crippen LogP contribution in [0.2, 0.25) is 0 Å². The number of likely N-dealkylation sites (tertiary alicyclic amines) is 1. The molecule has 2 amide bonds. The van der Waals surface area contributed by atoms with Crippen molar-refractivity contribution in [2.45, 2.75) is 38.1 Å². The monoisotopic (exact) mass is 276 g/mol. The Morgan fingerprint density at radius 1 is 1.55 bits per heavy atom. The molecule has 0 aromatic carbocycles. The molecule has 2 fully saturated rings. The molecule has 0 radical (unpaired) electrons. The first kappa shape index (κ1) is 13.2. The van der Waals surface area contributed by atoms with Crippen molar-refractivity contribution in [3.05, 3.63) is 24.2 Å². The topological polar surface area (TPSA) is 62.6 Å². The molecule has 1 N–H and O–H groups in total. The van der Waals surface area contributed by atoms with Crippen molar-refractivity contribution in [3.63, 3.8) is 0 Å². The van der Waals surface area contributed by atoms with Gasteiger partial charge < -0.3 is 14.6 Å². The maximum atomic E-state index is 12.0. The Morgan fingerprint density at radius 3 is 3.15 bits per heavy atom. The Morgan fingerprint density at radius 2 is 2.40 bits per heavy atom. The lowest BCUT2D eigenvalue weighted by atomic mass is 9.74. The van der Waals surface area contributed by atoms with Crippen LogP contribution in [0.3, 0.4) is 0 Å². The summed E-state index contributed by atoms with van der Waals surface area (Å²) < 4.78 is 5.11. The largest absolute Gasteiger partial charge is 0.459 e. The highest BCUT2D eigenvalue weighted by molar-refractivity contribution is 5.91. The molecule has 108 valence electrons. The van der Waals surface area contributed by atoms with E-state index < -0.39 is 0 Å². The van der Waals surface area contributed by atoms with Gasteiger partial charge >= 0.3 is 0 Å². The van der Waals surface area contributed by atoms with Crippen LogP contribution >= 0.6 is 0 Å². The SMILES string of the molecule is CN1C(=O)CCC2(CNC(=O)c3ccco3)CCCC12. The molecule has 1 aliphatic heterocycles. The summed E-state index contributed by atoms with van der Waals surface area (Å²) in [6.45, 7) is 0.620. The molecular formula is C15H20N2O3. The number of nitrogens with one attached hydrogen (secondary N) is 1. The number of rotatable bonds is 3. The standard InChI is InChI=1S/C15H20N2O3/c1-17-12-5-2-7-15(12,8-6-13(17)18)10-16-14(19)11-4-3-9-20-11/h3-4,9,12H,2,5-8,10H2,1H3,(H,16,19). The first-order valence-corrected chi connectivity index (χ1v) is 7.20. The van der Waals surface area contributed by atoms with E-state index in [2.05, 4.69) is 5.32 Å². The van der Waals surface area contributed by atoms with E-state index in [4.69, 9.17) is 4.42 Å². The van der Waals surface area contributed by atoms with Gasteiger partial charge in [-0.3, -0.25) is 9.59 Å². The molecule has 2 heterocycles. The molecule has 1 saturated carbocycles. The van der Waals surface area contributed by atoms with Crippen LogP contribution in [0.25, 0.3) is 0 Å². The minimum absolute atomic E-state index is 0.0465. The summed E-state index contributed by atoms with van der Waals surface area (Å²) in [5.74, 6) is 0.399. The highest BCUT2D eigenvalue weighted by atomic mass is 16.3. The number of amides is 2. The first-order valence-electron chi connectivity index (χ1n) is 7.20. The third-order valence-electron chi connectivity index (χ3n) is 4.90. The van der Waals surface area contributed by atoms with E-state index in [0.29, 0.717) is 18.7 Å². The van der Waals surface area contributed by atoms with Crippen LogP contribution in [0.15, 0.2) is 22.8 Å². The minimum Gasteiger partial charge on any atom is -0.459 e. The van der Waals surface area contributed by atoms with Crippen LogP contribution in [0.4, 0.5) is 0 Å². The van der Waals surface area contributed by atoms with E-state index in [-0.39, 0.29) is 23.3 Å². The lowest BCUT2D eigenvalue weighted by Crippen LogP contribution is -2.54. The van der Waals surface area contributed by atoms with Gasteiger partial charge in [-0.15, -0.1) is 0 Å². The van der Waals surface area contributed by atoms with Gasteiger partial charge in [0.1, 0.15) is 0 Å². The third-order valence-corrected chi connectivity index (χ3v) is 4.90.